The smallest absolute Gasteiger partial charge is 0.0232 e. The van der Waals surface area contributed by atoms with Crippen LogP contribution in [0.15, 0.2) is 0 Å². The highest BCUT2D eigenvalue weighted by molar-refractivity contribution is 4.93. The first-order chi connectivity index (χ1) is 8.29. The van der Waals surface area contributed by atoms with E-state index in [9.17, 15) is 0 Å². The van der Waals surface area contributed by atoms with Crippen LogP contribution in [-0.4, -0.2) is 37.1 Å². The molecular formula is C15H28N2. The van der Waals surface area contributed by atoms with Crippen molar-refractivity contribution in [2.75, 3.05) is 20.1 Å². The lowest BCUT2D eigenvalue weighted by Crippen LogP contribution is -2.44. The third-order valence-electron chi connectivity index (χ3n) is 5.87. The number of rotatable bonds is 2. The van der Waals surface area contributed by atoms with Crippen LogP contribution in [0, 0.1) is 5.41 Å². The van der Waals surface area contributed by atoms with E-state index in [0.717, 1.165) is 17.5 Å². The van der Waals surface area contributed by atoms with Crippen LogP contribution >= 0.6 is 0 Å². The first-order valence-corrected chi connectivity index (χ1v) is 7.72. The largest absolute Gasteiger partial charge is 0.315 e. The van der Waals surface area contributed by atoms with E-state index in [1.54, 1.807) is 0 Å². The van der Waals surface area contributed by atoms with Crippen LogP contribution in [0.1, 0.15) is 57.8 Å². The van der Waals surface area contributed by atoms with E-state index >= 15 is 0 Å². The molecule has 1 N–H and O–H groups in total. The molecule has 1 aliphatic heterocycles. The summed E-state index contributed by atoms with van der Waals surface area (Å²) in [5, 5.41) is 3.50. The minimum absolute atomic E-state index is 0.797. The zero-order chi connectivity index (χ0) is 11.7. The van der Waals surface area contributed by atoms with Gasteiger partial charge in [-0.2, -0.15) is 0 Å². The lowest BCUT2D eigenvalue weighted by molar-refractivity contribution is 0.0857. The Morgan fingerprint density at radius 3 is 2.24 bits per heavy atom. The summed E-state index contributed by atoms with van der Waals surface area (Å²) in [6, 6.07) is 1.70. The van der Waals surface area contributed by atoms with Gasteiger partial charge in [0.05, 0.1) is 0 Å². The second-order valence-corrected chi connectivity index (χ2v) is 6.75. The Kier molecular flexibility index (Phi) is 3.45. The molecule has 2 heteroatoms. The summed E-state index contributed by atoms with van der Waals surface area (Å²) >= 11 is 0. The first kappa shape index (κ1) is 12.0. The molecule has 2 saturated carbocycles. The summed E-state index contributed by atoms with van der Waals surface area (Å²) in [6.07, 6.45) is 13.4. The van der Waals surface area contributed by atoms with Gasteiger partial charge in [0, 0.05) is 18.6 Å². The topological polar surface area (TPSA) is 15.3 Å². The standard InChI is InChI=1S/C15H28N2/c1-17(14-6-11-16-12-14)13-4-9-15(10-5-13)7-2-3-8-15/h13-14,16H,2-12H2,1H3. The third-order valence-corrected chi connectivity index (χ3v) is 5.87. The summed E-state index contributed by atoms with van der Waals surface area (Å²) in [4.78, 5) is 2.70. The fourth-order valence-electron chi connectivity index (χ4n) is 4.53. The fraction of sp³-hybridized carbons (Fsp3) is 1.00. The lowest BCUT2D eigenvalue weighted by Gasteiger charge is -2.42. The summed E-state index contributed by atoms with van der Waals surface area (Å²) in [5.41, 5.74) is 0.797. The molecule has 98 valence electrons. The quantitative estimate of drug-likeness (QED) is 0.793. The Balaban J connectivity index is 1.53. The molecule has 0 radical (unpaired) electrons. The molecule has 0 amide bonds. The van der Waals surface area contributed by atoms with Gasteiger partial charge in [-0.05, 0) is 64.0 Å². The van der Waals surface area contributed by atoms with Crippen LogP contribution in [-0.2, 0) is 0 Å². The summed E-state index contributed by atoms with van der Waals surface area (Å²) < 4.78 is 0. The molecule has 1 spiro atoms. The van der Waals surface area contributed by atoms with Gasteiger partial charge in [0.1, 0.15) is 0 Å². The molecule has 1 atom stereocenters. The summed E-state index contributed by atoms with van der Waals surface area (Å²) in [7, 11) is 2.37. The highest BCUT2D eigenvalue weighted by Crippen LogP contribution is 2.49. The monoisotopic (exact) mass is 236 g/mol. The molecule has 3 rings (SSSR count). The third kappa shape index (κ3) is 2.39. The van der Waals surface area contributed by atoms with E-state index in [4.69, 9.17) is 0 Å². The van der Waals surface area contributed by atoms with E-state index < -0.39 is 0 Å². The van der Waals surface area contributed by atoms with Crippen molar-refractivity contribution in [2.24, 2.45) is 5.41 Å². The molecule has 1 heterocycles. The molecule has 0 aromatic heterocycles. The maximum Gasteiger partial charge on any atom is 0.0232 e. The maximum absolute atomic E-state index is 3.50. The molecule has 17 heavy (non-hydrogen) atoms. The predicted octanol–water partition coefficient (Wildman–Crippen LogP) is 2.78. The zero-order valence-corrected chi connectivity index (χ0v) is 11.4. The summed E-state index contributed by atoms with van der Waals surface area (Å²) in [5.74, 6) is 0. The molecule has 1 saturated heterocycles. The Morgan fingerprint density at radius 1 is 0.941 bits per heavy atom. The van der Waals surface area contributed by atoms with Crippen molar-refractivity contribution in [2.45, 2.75) is 69.9 Å². The van der Waals surface area contributed by atoms with Crippen molar-refractivity contribution < 1.29 is 0 Å². The predicted molar refractivity (Wildman–Crippen MR) is 72.2 cm³/mol. The van der Waals surface area contributed by atoms with Crippen LogP contribution < -0.4 is 5.32 Å². The molecule has 1 unspecified atom stereocenters. The van der Waals surface area contributed by atoms with Crippen LogP contribution in [0.2, 0.25) is 0 Å². The molecule has 2 nitrogen and oxygen atoms in total. The van der Waals surface area contributed by atoms with Crippen molar-refractivity contribution in [1.29, 1.82) is 0 Å². The van der Waals surface area contributed by atoms with Crippen molar-refractivity contribution in [3.63, 3.8) is 0 Å². The molecule has 2 aliphatic carbocycles. The van der Waals surface area contributed by atoms with Crippen molar-refractivity contribution >= 4 is 0 Å². The fourth-order valence-corrected chi connectivity index (χ4v) is 4.53. The normalized spacial score (nSPS) is 33.9. The van der Waals surface area contributed by atoms with Gasteiger partial charge in [-0.3, -0.25) is 4.90 Å². The minimum atomic E-state index is 0.797. The average Bonchev–Trinajstić information content (AvgIpc) is 3.01. The van der Waals surface area contributed by atoms with E-state index in [1.165, 1.54) is 70.9 Å². The Bertz CT molecular complexity index is 242. The van der Waals surface area contributed by atoms with Gasteiger partial charge >= 0.3 is 0 Å². The Hall–Kier alpha value is -0.0800. The maximum atomic E-state index is 3.50. The van der Waals surface area contributed by atoms with E-state index in [1.807, 2.05) is 0 Å². The number of hydrogen-bond acceptors (Lipinski definition) is 2. The second-order valence-electron chi connectivity index (χ2n) is 6.75. The lowest BCUT2D eigenvalue weighted by atomic mass is 9.71. The Labute approximate surface area is 106 Å². The van der Waals surface area contributed by atoms with Gasteiger partial charge in [-0.15, -0.1) is 0 Å². The van der Waals surface area contributed by atoms with Crippen molar-refractivity contribution in [1.82, 2.24) is 10.2 Å². The van der Waals surface area contributed by atoms with Gasteiger partial charge in [-0.25, -0.2) is 0 Å². The van der Waals surface area contributed by atoms with Crippen molar-refractivity contribution in [3.8, 4) is 0 Å². The number of nitrogens with zero attached hydrogens (tertiary/aromatic N) is 1. The van der Waals surface area contributed by atoms with E-state index in [0.29, 0.717) is 0 Å². The molecule has 0 bridgehead atoms. The minimum Gasteiger partial charge on any atom is -0.315 e. The number of hydrogen-bond donors (Lipinski definition) is 1. The molecular weight excluding hydrogens is 208 g/mol. The highest BCUT2D eigenvalue weighted by Gasteiger charge is 2.39. The van der Waals surface area contributed by atoms with E-state index in [-0.39, 0.29) is 0 Å². The first-order valence-electron chi connectivity index (χ1n) is 7.72. The van der Waals surface area contributed by atoms with Gasteiger partial charge < -0.3 is 5.32 Å². The average molecular weight is 236 g/mol. The zero-order valence-electron chi connectivity index (χ0n) is 11.4. The SMILES string of the molecule is CN(C1CCC2(CCCC2)CC1)C1CCNC1. The van der Waals surface area contributed by atoms with Gasteiger partial charge in [-0.1, -0.05) is 12.8 Å². The van der Waals surface area contributed by atoms with Crippen molar-refractivity contribution in [3.05, 3.63) is 0 Å². The van der Waals surface area contributed by atoms with Crippen LogP contribution in [0.25, 0.3) is 0 Å². The Morgan fingerprint density at radius 2 is 1.65 bits per heavy atom. The molecule has 0 aromatic carbocycles. The van der Waals surface area contributed by atoms with Gasteiger partial charge in [0.15, 0.2) is 0 Å². The van der Waals surface area contributed by atoms with E-state index in [2.05, 4.69) is 17.3 Å². The molecule has 3 aliphatic rings. The van der Waals surface area contributed by atoms with Crippen LogP contribution in [0.5, 0.6) is 0 Å². The molecule has 3 fully saturated rings. The summed E-state index contributed by atoms with van der Waals surface area (Å²) in [6.45, 7) is 2.45. The number of likely N-dealkylation sites (N-methyl/N-ethyl adjacent to an activating group) is 1. The highest BCUT2D eigenvalue weighted by atomic mass is 15.2. The van der Waals surface area contributed by atoms with Gasteiger partial charge in [0.2, 0.25) is 0 Å². The van der Waals surface area contributed by atoms with Crippen LogP contribution in [0.4, 0.5) is 0 Å². The number of nitrogens with one attached hydrogen (secondary N) is 1. The second kappa shape index (κ2) is 4.89. The van der Waals surface area contributed by atoms with Gasteiger partial charge in [0.25, 0.3) is 0 Å². The van der Waals surface area contributed by atoms with Crippen LogP contribution in [0.3, 0.4) is 0 Å². The molecule has 0 aromatic rings.